The van der Waals surface area contributed by atoms with Crippen LogP contribution in [0.5, 0.6) is 0 Å². The fourth-order valence-corrected chi connectivity index (χ4v) is 2.65. The van der Waals surface area contributed by atoms with Gasteiger partial charge in [-0.15, -0.1) is 0 Å². The minimum atomic E-state index is -0.0125. The molecule has 0 bridgehead atoms. The summed E-state index contributed by atoms with van der Waals surface area (Å²) in [5.41, 5.74) is 6.44. The number of carbonyl (C=O) groups excluding carboxylic acids is 1. The van der Waals surface area contributed by atoms with E-state index in [1.54, 1.807) is 11.3 Å². The zero-order valence-corrected chi connectivity index (χ0v) is 12.3. The summed E-state index contributed by atoms with van der Waals surface area (Å²) >= 11 is 1.61. The number of carbonyl (C=O) groups is 1. The van der Waals surface area contributed by atoms with Crippen LogP contribution in [0.15, 0.2) is 29.5 Å². The normalized spacial score (nSPS) is 10.4. The Morgan fingerprint density at radius 3 is 2.53 bits per heavy atom. The summed E-state index contributed by atoms with van der Waals surface area (Å²) in [5, 5.41) is 3.99. The number of hydrogen-bond acceptors (Lipinski definition) is 3. The third-order valence-corrected chi connectivity index (χ3v) is 3.77. The van der Waals surface area contributed by atoms with Crippen LogP contribution in [0.3, 0.4) is 0 Å². The summed E-state index contributed by atoms with van der Waals surface area (Å²) in [5.74, 6) is -0.0125. The molecule has 0 saturated carbocycles. The lowest BCUT2D eigenvalue weighted by molar-refractivity contribution is -0.114. The lowest BCUT2D eigenvalue weighted by Crippen LogP contribution is -2.29. The van der Waals surface area contributed by atoms with Crippen LogP contribution in [0.1, 0.15) is 38.5 Å². The molecule has 1 aromatic rings. The van der Waals surface area contributed by atoms with Crippen molar-refractivity contribution in [3.63, 3.8) is 0 Å². The molecule has 0 aliphatic rings. The number of amides is 1. The smallest absolute Gasteiger partial charge is 0.250 e. The molecule has 1 aromatic heterocycles. The quantitative estimate of drug-likeness (QED) is 0.526. The molecule has 0 saturated heterocycles. The molecule has 4 heteroatoms. The maximum atomic E-state index is 11.8. The van der Waals surface area contributed by atoms with Crippen molar-refractivity contribution in [3.05, 3.63) is 29.5 Å². The van der Waals surface area contributed by atoms with Gasteiger partial charge in [0.25, 0.3) is 0 Å². The molecule has 0 aromatic carbocycles. The van der Waals surface area contributed by atoms with Gasteiger partial charge in [0.1, 0.15) is 0 Å². The van der Waals surface area contributed by atoms with Crippen LogP contribution in [-0.2, 0) is 4.79 Å². The molecule has 1 heterocycles. The van der Waals surface area contributed by atoms with Crippen molar-refractivity contribution >= 4 is 22.9 Å². The molecule has 0 radical (unpaired) electrons. The van der Waals surface area contributed by atoms with Gasteiger partial charge in [-0.3, -0.25) is 4.79 Å². The van der Waals surface area contributed by atoms with E-state index in [-0.39, 0.29) is 5.91 Å². The molecule has 0 aliphatic carbocycles. The summed E-state index contributed by atoms with van der Waals surface area (Å²) in [6.45, 7) is 5.14. The predicted molar refractivity (Wildman–Crippen MR) is 83.6 cm³/mol. The predicted octanol–water partition coefficient (Wildman–Crippen LogP) is 3.57. The minimum absolute atomic E-state index is 0.0125. The van der Waals surface area contributed by atoms with Crippen molar-refractivity contribution < 1.29 is 4.79 Å². The fourth-order valence-electron chi connectivity index (χ4n) is 2.01. The Morgan fingerprint density at radius 1 is 1.26 bits per heavy atom. The van der Waals surface area contributed by atoms with Gasteiger partial charge in [0.05, 0.1) is 5.69 Å². The molecule has 106 valence electrons. The first kappa shape index (κ1) is 15.9. The number of anilines is 1. The van der Waals surface area contributed by atoms with Gasteiger partial charge < -0.3 is 10.6 Å². The second-order valence-electron chi connectivity index (χ2n) is 4.59. The first-order valence-electron chi connectivity index (χ1n) is 6.95. The van der Waals surface area contributed by atoms with E-state index >= 15 is 0 Å². The number of rotatable bonds is 10. The summed E-state index contributed by atoms with van der Waals surface area (Å²) in [4.78, 5) is 13.6. The van der Waals surface area contributed by atoms with Crippen LogP contribution >= 0.6 is 11.3 Å². The Hall–Kier alpha value is -1.13. The van der Waals surface area contributed by atoms with E-state index in [0.29, 0.717) is 0 Å². The Kier molecular flexibility index (Phi) is 8.18. The SMILES string of the molecule is C=CC(=O)N(CCCCCCCCN)c1ccsc1. The number of hydrogen-bond donors (Lipinski definition) is 1. The van der Waals surface area contributed by atoms with E-state index in [0.717, 1.165) is 38.0 Å². The van der Waals surface area contributed by atoms with E-state index < -0.39 is 0 Å². The first-order chi connectivity index (χ1) is 9.29. The Bertz CT molecular complexity index is 362. The second-order valence-corrected chi connectivity index (χ2v) is 5.37. The van der Waals surface area contributed by atoms with Gasteiger partial charge in [0.2, 0.25) is 5.91 Å². The maximum Gasteiger partial charge on any atom is 0.250 e. The van der Waals surface area contributed by atoms with Gasteiger partial charge in [-0.2, -0.15) is 11.3 Å². The summed E-state index contributed by atoms with van der Waals surface area (Å²) in [7, 11) is 0. The highest BCUT2D eigenvalue weighted by Gasteiger charge is 2.12. The van der Waals surface area contributed by atoms with Gasteiger partial charge >= 0.3 is 0 Å². The lowest BCUT2D eigenvalue weighted by Gasteiger charge is -2.19. The summed E-state index contributed by atoms with van der Waals surface area (Å²) in [6, 6.07) is 1.98. The largest absolute Gasteiger partial charge is 0.330 e. The van der Waals surface area contributed by atoms with E-state index in [4.69, 9.17) is 5.73 Å². The van der Waals surface area contributed by atoms with Crippen molar-refractivity contribution in [2.45, 2.75) is 38.5 Å². The van der Waals surface area contributed by atoms with E-state index in [9.17, 15) is 4.79 Å². The molecule has 3 nitrogen and oxygen atoms in total. The number of unbranched alkanes of at least 4 members (excludes halogenated alkanes) is 5. The maximum absolute atomic E-state index is 11.8. The Labute approximate surface area is 120 Å². The molecule has 1 amide bonds. The van der Waals surface area contributed by atoms with Gasteiger partial charge in [-0.25, -0.2) is 0 Å². The van der Waals surface area contributed by atoms with Crippen LogP contribution in [0.25, 0.3) is 0 Å². The van der Waals surface area contributed by atoms with Crippen LogP contribution < -0.4 is 10.6 Å². The van der Waals surface area contributed by atoms with Gasteiger partial charge in [0, 0.05) is 11.9 Å². The minimum Gasteiger partial charge on any atom is -0.330 e. The van der Waals surface area contributed by atoms with E-state index in [2.05, 4.69) is 6.58 Å². The number of thiophene rings is 1. The number of nitrogens with zero attached hydrogens (tertiary/aromatic N) is 1. The van der Waals surface area contributed by atoms with E-state index in [1.807, 2.05) is 21.7 Å². The summed E-state index contributed by atoms with van der Waals surface area (Å²) in [6.07, 6.45) is 8.39. The van der Waals surface area contributed by atoms with E-state index in [1.165, 1.54) is 25.3 Å². The summed E-state index contributed by atoms with van der Waals surface area (Å²) < 4.78 is 0. The van der Waals surface area contributed by atoms with Crippen molar-refractivity contribution in [2.24, 2.45) is 5.73 Å². The highest BCUT2D eigenvalue weighted by molar-refractivity contribution is 7.08. The highest BCUT2D eigenvalue weighted by atomic mass is 32.1. The monoisotopic (exact) mass is 280 g/mol. The molecular weight excluding hydrogens is 256 g/mol. The molecule has 2 N–H and O–H groups in total. The zero-order chi connectivity index (χ0) is 13.9. The molecule has 19 heavy (non-hydrogen) atoms. The van der Waals surface area contributed by atoms with Gasteiger partial charge in [-0.1, -0.05) is 32.3 Å². The average molecular weight is 280 g/mol. The third kappa shape index (κ3) is 6.03. The lowest BCUT2D eigenvalue weighted by atomic mass is 10.1. The van der Waals surface area contributed by atoms with Crippen molar-refractivity contribution in [3.8, 4) is 0 Å². The van der Waals surface area contributed by atoms with Crippen molar-refractivity contribution in [1.82, 2.24) is 0 Å². The van der Waals surface area contributed by atoms with Gasteiger partial charge in [0.15, 0.2) is 0 Å². The van der Waals surface area contributed by atoms with Gasteiger partial charge in [-0.05, 0) is 36.9 Å². The standard InChI is InChI=1S/C15H24N2OS/c1-2-15(18)17(14-9-12-19-13-14)11-8-6-4-3-5-7-10-16/h2,9,12-13H,1,3-8,10-11,16H2. The number of nitrogens with two attached hydrogens (primary N) is 1. The molecule has 0 aliphatic heterocycles. The molecule has 0 atom stereocenters. The van der Waals surface area contributed by atoms with Crippen LogP contribution in [0.2, 0.25) is 0 Å². The first-order valence-corrected chi connectivity index (χ1v) is 7.90. The van der Waals surface area contributed by atoms with Crippen molar-refractivity contribution in [1.29, 1.82) is 0 Å². The second kappa shape index (κ2) is 9.75. The Balaban J connectivity index is 2.27. The van der Waals surface area contributed by atoms with Crippen molar-refractivity contribution in [2.75, 3.05) is 18.0 Å². The molecule has 1 rings (SSSR count). The molecule has 0 spiro atoms. The fraction of sp³-hybridized carbons (Fsp3) is 0.533. The third-order valence-electron chi connectivity index (χ3n) is 3.09. The topological polar surface area (TPSA) is 46.3 Å². The van der Waals surface area contributed by atoms with Crippen LogP contribution in [-0.4, -0.2) is 19.0 Å². The van der Waals surface area contributed by atoms with Crippen LogP contribution in [0.4, 0.5) is 5.69 Å². The molecular formula is C15H24N2OS. The molecule has 0 fully saturated rings. The molecule has 0 unspecified atom stereocenters. The van der Waals surface area contributed by atoms with Crippen LogP contribution in [0, 0.1) is 0 Å². The highest BCUT2D eigenvalue weighted by Crippen LogP contribution is 2.19. The Morgan fingerprint density at radius 2 is 1.95 bits per heavy atom. The zero-order valence-electron chi connectivity index (χ0n) is 11.5. The average Bonchev–Trinajstić information content (AvgIpc) is 2.95.